The number of hydrogen-bond donors (Lipinski definition) is 1. The molecule has 0 aromatic heterocycles. The Morgan fingerprint density at radius 1 is 1.10 bits per heavy atom. The highest BCUT2D eigenvalue weighted by Crippen LogP contribution is 2.50. The fourth-order valence-electron chi connectivity index (χ4n) is 8.11. The van der Waals surface area contributed by atoms with E-state index in [2.05, 4.69) is 48.2 Å². The van der Waals surface area contributed by atoms with E-state index in [-0.39, 0.29) is 36.0 Å². The molecule has 4 heterocycles. The Kier molecular flexibility index (Phi) is 7.60. The number of nitrogens with zero attached hydrogens (tertiary/aromatic N) is 1. The van der Waals surface area contributed by atoms with Gasteiger partial charge in [0.15, 0.2) is 11.5 Å². The largest absolute Gasteiger partial charge is 0.492 e. The number of carbonyl (C=O) groups excluding carboxylic acids is 1. The Hall–Kier alpha value is -2.57. The number of carbonyl (C=O) groups is 1. The van der Waals surface area contributed by atoms with Crippen LogP contribution in [0.4, 0.5) is 0 Å². The summed E-state index contributed by atoms with van der Waals surface area (Å²) in [4.78, 5) is 15.0. The third-order valence-electron chi connectivity index (χ3n) is 9.99. The number of rotatable bonds is 6. The first-order chi connectivity index (χ1) is 18.9. The molecule has 6 heteroatoms. The lowest BCUT2D eigenvalue weighted by molar-refractivity contribution is -0.133. The normalized spacial score (nSPS) is 34.2. The molecule has 0 spiro atoms. The Bertz CT molecular complexity index is 1160. The van der Waals surface area contributed by atoms with Crippen molar-refractivity contribution in [2.75, 3.05) is 13.7 Å². The number of fused-ring (bicyclic) bond motifs is 3. The quantitative estimate of drug-likeness (QED) is 0.461. The van der Waals surface area contributed by atoms with Gasteiger partial charge in [-0.2, -0.15) is 0 Å². The van der Waals surface area contributed by atoms with Crippen molar-refractivity contribution in [3.05, 3.63) is 70.6 Å². The summed E-state index contributed by atoms with van der Waals surface area (Å²) >= 11 is 0. The molecule has 6 atom stereocenters. The van der Waals surface area contributed by atoms with Crippen molar-refractivity contribution in [2.45, 2.75) is 89.8 Å². The minimum Gasteiger partial charge on any atom is -0.492 e. The molecule has 1 aliphatic carbocycles. The number of esters is 1. The van der Waals surface area contributed by atoms with Crippen LogP contribution in [0.2, 0.25) is 0 Å². The van der Waals surface area contributed by atoms with E-state index in [4.69, 9.17) is 14.2 Å². The molecule has 1 N–H and O–H groups in total. The number of piperidine rings is 1. The fraction of sp³-hybridized carbons (Fsp3) is 0.606. The molecule has 0 amide bonds. The van der Waals surface area contributed by atoms with Gasteiger partial charge in [-0.3, -0.25) is 4.90 Å². The highest BCUT2D eigenvalue weighted by molar-refractivity contribution is 5.93. The topological polar surface area (TPSA) is 68.2 Å². The van der Waals surface area contributed by atoms with Crippen LogP contribution < -0.4 is 0 Å². The van der Waals surface area contributed by atoms with Gasteiger partial charge >= 0.3 is 5.97 Å². The van der Waals surface area contributed by atoms with E-state index in [9.17, 15) is 9.90 Å². The molecule has 5 aliphatic rings. The predicted octanol–water partition coefficient (Wildman–Crippen LogP) is 5.88. The van der Waals surface area contributed by atoms with E-state index in [1.807, 2.05) is 0 Å². The van der Waals surface area contributed by atoms with Gasteiger partial charge < -0.3 is 19.3 Å². The van der Waals surface area contributed by atoms with Crippen LogP contribution in [0.5, 0.6) is 0 Å². The van der Waals surface area contributed by atoms with Gasteiger partial charge in [0.25, 0.3) is 0 Å². The summed E-state index contributed by atoms with van der Waals surface area (Å²) in [6, 6.07) is 11.2. The molecule has 2 saturated heterocycles. The molecule has 6 nitrogen and oxygen atoms in total. The van der Waals surface area contributed by atoms with Gasteiger partial charge in [0, 0.05) is 30.5 Å². The standard InChI is InChI=1S/C33H43NO5/c1-20-29-26-18-24(16-22-10-5-4-6-11-22)17-25(27(35)19-23-12-7-8-13-23)34(26)15-9-14-28(29)38-31(20)32-30(37-3)21(2)33(36)39-32/h4-6,10-11,14,20,23-27,29,35H,7-9,12-13,15-19H2,1-3H3/t20-,24+,25+,26-,27+,29+/m1/s1. The smallest absolute Gasteiger partial charge is 0.343 e. The first kappa shape index (κ1) is 26.6. The maximum absolute atomic E-state index is 12.4. The van der Waals surface area contributed by atoms with Crippen LogP contribution in [0.25, 0.3) is 0 Å². The van der Waals surface area contributed by atoms with Gasteiger partial charge in [0.05, 0.1) is 18.8 Å². The van der Waals surface area contributed by atoms with Gasteiger partial charge in [0.2, 0.25) is 5.76 Å². The zero-order valence-corrected chi connectivity index (χ0v) is 23.6. The summed E-state index contributed by atoms with van der Waals surface area (Å²) in [6.45, 7) is 4.87. The lowest BCUT2D eigenvalue weighted by Crippen LogP contribution is -2.57. The lowest BCUT2D eigenvalue weighted by atomic mass is 9.73. The van der Waals surface area contributed by atoms with E-state index in [0.717, 1.165) is 44.4 Å². The second-order valence-corrected chi connectivity index (χ2v) is 12.4. The zero-order chi connectivity index (χ0) is 27.1. The number of ether oxygens (including phenoxy) is 3. The summed E-state index contributed by atoms with van der Waals surface area (Å²) in [5.41, 5.74) is 1.85. The molecule has 0 bridgehead atoms. The Balaban J connectivity index is 1.32. The number of hydrogen-bond acceptors (Lipinski definition) is 6. The van der Waals surface area contributed by atoms with Crippen LogP contribution in [0.3, 0.4) is 0 Å². The number of aliphatic hydroxyl groups excluding tert-OH is 1. The van der Waals surface area contributed by atoms with Crippen LogP contribution in [-0.4, -0.2) is 47.8 Å². The number of cyclic esters (lactones) is 1. The van der Waals surface area contributed by atoms with Gasteiger partial charge in [-0.05, 0) is 62.5 Å². The van der Waals surface area contributed by atoms with Crippen LogP contribution in [0, 0.1) is 23.7 Å². The van der Waals surface area contributed by atoms with Crippen LogP contribution in [0.15, 0.2) is 65.0 Å². The van der Waals surface area contributed by atoms with E-state index in [0.29, 0.717) is 34.7 Å². The highest BCUT2D eigenvalue weighted by atomic mass is 16.6. The molecule has 4 aliphatic heterocycles. The summed E-state index contributed by atoms with van der Waals surface area (Å²) in [5.74, 6) is 3.54. The van der Waals surface area contributed by atoms with Crippen molar-refractivity contribution >= 4 is 5.97 Å². The summed E-state index contributed by atoms with van der Waals surface area (Å²) in [7, 11) is 1.58. The molecule has 0 radical (unpaired) electrons. The number of allylic oxidation sites excluding steroid dienone is 1. The van der Waals surface area contributed by atoms with E-state index < -0.39 is 0 Å². The minimum atomic E-state index is -0.372. The predicted molar refractivity (Wildman–Crippen MR) is 149 cm³/mol. The van der Waals surface area contributed by atoms with E-state index >= 15 is 0 Å². The van der Waals surface area contributed by atoms with Crippen molar-refractivity contribution in [2.24, 2.45) is 23.7 Å². The maximum Gasteiger partial charge on any atom is 0.343 e. The molecular formula is C33H43NO5. The Labute approximate surface area is 232 Å². The van der Waals surface area contributed by atoms with Crippen LogP contribution >= 0.6 is 0 Å². The monoisotopic (exact) mass is 533 g/mol. The number of benzene rings is 1. The first-order valence-electron chi connectivity index (χ1n) is 15.0. The molecule has 0 unspecified atom stereocenters. The molecule has 39 heavy (non-hydrogen) atoms. The second kappa shape index (κ2) is 11.1. The molecule has 1 aromatic carbocycles. The lowest BCUT2D eigenvalue weighted by Gasteiger charge is -2.49. The Morgan fingerprint density at radius 3 is 2.62 bits per heavy atom. The zero-order valence-electron chi connectivity index (χ0n) is 23.6. The van der Waals surface area contributed by atoms with E-state index in [1.165, 1.54) is 31.2 Å². The molecular weight excluding hydrogens is 490 g/mol. The van der Waals surface area contributed by atoms with Gasteiger partial charge in [-0.1, -0.05) is 62.9 Å². The van der Waals surface area contributed by atoms with Crippen molar-refractivity contribution < 1.29 is 24.1 Å². The van der Waals surface area contributed by atoms with Crippen LogP contribution in [-0.2, 0) is 25.4 Å². The summed E-state index contributed by atoms with van der Waals surface area (Å²) in [5, 5.41) is 11.7. The minimum absolute atomic E-state index is 0.0313. The Morgan fingerprint density at radius 2 is 1.87 bits per heavy atom. The first-order valence-corrected chi connectivity index (χ1v) is 15.0. The number of aliphatic hydroxyl groups is 1. The molecule has 210 valence electrons. The summed E-state index contributed by atoms with van der Waals surface area (Å²) < 4.78 is 17.8. The summed E-state index contributed by atoms with van der Waals surface area (Å²) in [6.07, 6.45) is 11.9. The molecule has 1 aromatic rings. The van der Waals surface area contributed by atoms with Crippen molar-refractivity contribution in [3.63, 3.8) is 0 Å². The van der Waals surface area contributed by atoms with Gasteiger partial charge in [0.1, 0.15) is 5.76 Å². The third-order valence-corrected chi connectivity index (χ3v) is 9.99. The fourth-order valence-corrected chi connectivity index (χ4v) is 8.11. The number of methoxy groups -OCH3 is 1. The van der Waals surface area contributed by atoms with Crippen LogP contribution in [0.1, 0.15) is 70.8 Å². The average molecular weight is 534 g/mol. The molecule has 1 saturated carbocycles. The SMILES string of the molecule is COC1=C(C)C(=O)OC1=C1OC2=CCCN3[C@H](C[C@@H](Cc4ccccc4)C[C@H]3[C@@H](O)CC3CCCC3)[C@@H]2[C@H]1C. The average Bonchev–Trinajstić information content (AvgIpc) is 3.59. The van der Waals surface area contributed by atoms with Gasteiger partial charge in [-0.15, -0.1) is 0 Å². The highest BCUT2D eigenvalue weighted by Gasteiger charge is 2.51. The molecule has 3 fully saturated rings. The van der Waals surface area contributed by atoms with Crippen molar-refractivity contribution in [1.82, 2.24) is 4.90 Å². The van der Waals surface area contributed by atoms with E-state index in [1.54, 1.807) is 14.0 Å². The third kappa shape index (κ3) is 5.06. The van der Waals surface area contributed by atoms with Crippen molar-refractivity contribution in [3.8, 4) is 0 Å². The van der Waals surface area contributed by atoms with Gasteiger partial charge in [-0.25, -0.2) is 4.79 Å². The maximum atomic E-state index is 12.4. The second-order valence-electron chi connectivity index (χ2n) is 12.4. The van der Waals surface area contributed by atoms with Crippen molar-refractivity contribution in [1.29, 1.82) is 0 Å². The molecule has 6 rings (SSSR count).